The normalized spacial score (nSPS) is 11.9. The predicted molar refractivity (Wildman–Crippen MR) is 74.9 cm³/mol. The molecule has 0 atom stereocenters. The van der Waals surface area contributed by atoms with Crippen molar-refractivity contribution >= 4 is 0 Å². The maximum Gasteiger partial charge on any atom is 0.135 e. The lowest BCUT2D eigenvalue weighted by Crippen LogP contribution is -2.18. The number of halogens is 2. The number of rotatable bonds is 3. The Balaban J connectivity index is 2.47. The van der Waals surface area contributed by atoms with Gasteiger partial charge < -0.3 is 10.3 Å². The van der Waals surface area contributed by atoms with Gasteiger partial charge in [0.1, 0.15) is 11.6 Å². The highest BCUT2D eigenvalue weighted by molar-refractivity contribution is 5.62. The first kappa shape index (κ1) is 14.7. The molecule has 3 nitrogen and oxygen atoms in total. The van der Waals surface area contributed by atoms with Crippen LogP contribution >= 0.6 is 0 Å². The van der Waals surface area contributed by atoms with E-state index < -0.39 is 11.6 Å². The van der Waals surface area contributed by atoms with Gasteiger partial charge in [-0.05, 0) is 17.5 Å². The molecule has 0 radical (unpaired) electrons. The van der Waals surface area contributed by atoms with Gasteiger partial charge in [0.2, 0.25) is 0 Å². The summed E-state index contributed by atoms with van der Waals surface area (Å²) in [6.07, 6.45) is 1.66. The van der Waals surface area contributed by atoms with Crippen molar-refractivity contribution in [2.75, 3.05) is 0 Å². The second-order valence-corrected chi connectivity index (χ2v) is 6.06. The first-order valence-corrected chi connectivity index (χ1v) is 6.51. The molecule has 0 saturated carbocycles. The van der Waals surface area contributed by atoms with Crippen LogP contribution in [0.1, 0.15) is 26.5 Å². The summed E-state index contributed by atoms with van der Waals surface area (Å²) in [6.45, 7) is 7.29. The molecule has 1 aromatic carbocycles. The number of hydrogen-bond acceptors (Lipinski definition) is 2. The first-order valence-electron chi connectivity index (χ1n) is 6.51. The molecular weight excluding hydrogens is 260 g/mol. The molecular formula is C15H19F2N3. The summed E-state index contributed by atoms with van der Waals surface area (Å²) in [6, 6.07) is 3.48. The maximum absolute atomic E-state index is 13.9. The highest BCUT2D eigenvalue weighted by Gasteiger charge is 2.19. The van der Waals surface area contributed by atoms with Gasteiger partial charge >= 0.3 is 0 Å². The molecule has 2 N–H and O–H groups in total. The minimum absolute atomic E-state index is 0.0588. The molecule has 0 aliphatic heterocycles. The molecule has 0 fully saturated rings. The lowest BCUT2D eigenvalue weighted by atomic mass is 9.96. The Bertz CT molecular complexity index is 612. The summed E-state index contributed by atoms with van der Waals surface area (Å²) in [5, 5.41) is 0. The molecule has 5 heteroatoms. The van der Waals surface area contributed by atoms with Crippen LogP contribution in [0.3, 0.4) is 0 Å². The van der Waals surface area contributed by atoms with E-state index in [2.05, 4.69) is 25.8 Å². The fourth-order valence-corrected chi connectivity index (χ4v) is 2.18. The van der Waals surface area contributed by atoms with Crippen molar-refractivity contribution in [1.29, 1.82) is 0 Å². The molecule has 0 aliphatic carbocycles. The Kier molecular flexibility index (Phi) is 3.90. The second kappa shape index (κ2) is 5.32. The zero-order chi connectivity index (χ0) is 14.9. The molecule has 0 spiro atoms. The van der Waals surface area contributed by atoms with Crippen molar-refractivity contribution < 1.29 is 8.78 Å². The van der Waals surface area contributed by atoms with E-state index in [0.717, 1.165) is 18.3 Å². The van der Waals surface area contributed by atoms with Gasteiger partial charge in [0, 0.05) is 24.7 Å². The SMILES string of the molecule is CC(C)(C)Cn1cnc(-c2ccc(F)cc2F)c1CN. The third-order valence-corrected chi connectivity index (χ3v) is 2.97. The van der Waals surface area contributed by atoms with Crippen LogP contribution in [0, 0.1) is 17.0 Å². The van der Waals surface area contributed by atoms with Gasteiger partial charge in [-0.3, -0.25) is 0 Å². The minimum Gasteiger partial charge on any atom is -0.332 e. The van der Waals surface area contributed by atoms with E-state index in [4.69, 9.17) is 5.73 Å². The molecule has 2 rings (SSSR count). The summed E-state index contributed by atoms with van der Waals surface area (Å²) in [5.41, 5.74) is 7.35. The topological polar surface area (TPSA) is 43.8 Å². The first-order chi connectivity index (χ1) is 9.31. The van der Waals surface area contributed by atoms with Gasteiger partial charge in [0.25, 0.3) is 0 Å². The van der Waals surface area contributed by atoms with E-state index >= 15 is 0 Å². The maximum atomic E-state index is 13.9. The van der Waals surface area contributed by atoms with Gasteiger partial charge in [0.05, 0.1) is 17.7 Å². The molecule has 0 bridgehead atoms. The number of imidazole rings is 1. The molecule has 108 valence electrons. The van der Waals surface area contributed by atoms with Crippen molar-refractivity contribution in [3.8, 4) is 11.3 Å². The van der Waals surface area contributed by atoms with Crippen LogP contribution in [0.2, 0.25) is 0 Å². The molecule has 20 heavy (non-hydrogen) atoms. The molecule has 0 amide bonds. The van der Waals surface area contributed by atoms with Crippen molar-refractivity contribution in [2.24, 2.45) is 11.1 Å². The standard InChI is InChI=1S/C15H19F2N3/c1-15(2,3)8-20-9-19-14(13(20)7-18)11-5-4-10(16)6-12(11)17/h4-6,9H,7-8,18H2,1-3H3. The molecule has 1 aromatic heterocycles. The van der Waals surface area contributed by atoms with Crippen molar-refractivity contribution in [3.63, 3.8) is 0 Å². The van der Waals surface area contributed by atoms with Crippen LogP contribution in [-0.4, -0.2) is 9.55 Å². The van der Waals surface area contributed by atoms with Gasteiger partial charge in [-0.15, -0.1) is 0 Å². The average molecular weight is 279 g/mol. The summed E-state index contributed by atoms with van der Waals surface area (Å²) >= 11 is 0. The van der Waals surface area contributed by atoms with Crippen LogP contribution in [0.4, 0.5) is 8.78 Å². The van der Waals surface area contributed by atoms with Gasteiger partial charge in [-0.2, -0.15) is 0 Å². The number of nitrogens with zero attached hydrogens (tertiary/aromatic N) is 2. The summed E-state index contributed by atoms with van der Waals surface area (Å²) in [4.78, 5) is 4.25. The molecule has 0 unspecified atom stereocenters. The fraction of sp³-hybridized carbons (Fsp3) is 0.400. The van der Waals surface area contributed by atoms with Crippen molar-refractivity contribution in [3.05, 3.63) is 41.9 Å². The third-order valence-electron chi connectivity index (χ3n) is 2.97. The Labute approximate surface area is 117 Å². The number of benzene rings is 1. The third kappa shape index (κ3) is 3.04. The molecule has 1 heterocycles. The van der Waals surface area contributed by atoms with Crippen LogP contribution in [0.15, 0.2) is 24.5 Å². The average Bonchev–Trinajstić information content (AvgIpc) is 2.69. The van der Waals surface area contributed by atoms with Crippen LogP contribution in [-0.2, 0) is 13.1 Å². The molecule has 0 aliphatic rings. The van der Waals surface area contributed by atoms with Gasteiger partial charge in [-0.25, -0.2) is 13.8 Å². The van der Waals surface area contributed by atoms with E-state index in [0.29, 0.717) is 5.69 Å². The van der Waals surface area contributed by atoms with Crippen molar-refractivity contribution in [2.45, 2.75) is 33.9 Å². The van der Waals surface area contributed by atoms with Gasteiger partial charge in [0.15, 0.2) is 0 Å². The Hall–Kier alpha value is -1.75. The number of aromatic nitrogens is 2. The monoisotopic (exact) mass is 279 g/mol. The van der Waals surface area contributed by atoms with Gasteiger partial charge in [-0.1, -0.05) is 20.8 Å². The smallest absolute Gasteiger partial charge is 0.135 e. The number of hydrogen-bond donors (Lipinski definition) is 1. The Morgan fingerprint density at radius 3 is 2.50 bits per heavy atom. The zero-order valence-electron chi connectivity index (χ0n) is 12.0. The van der Waals surface area contributed by atoms with Crippen LogP contribution in [0.5, 0.6) is 0 Å². The highest BCUT2D eigenvalue weighted by atomic mass is 19.1. The summed E-state index contributed by atoms with van der Waals surface area (Å²) in [5.74, 6) is -1.23. The van der Waals surface area contributed by atoms with E-state index in [1.54, 1.807) is 6.33 Å². The van der Waals surface area contributed by atoms with E-state index in [-0.39, 0.29) is 17.5 Å². The highest BCUT2D eigenvalue weighted by Crippen LogP contribution is 2.27. The van der Waals surface area contributed by atoms with E-state index in [9.17, 15) is 8.78 Å². The Morgan fingerprint density at radius 1 is 1.25 bits per heavy atom. The predicted octanol–water partition coefficient (Wildman–Crippen LogP) is 3.33. The lowest BCUT2D eigenvalue weighted by Gasteiger charge is -2.20. The Morgan fingerprint density at radius 2 is 1.95 bits per heavy atom. The van der Waals surface area contributed by atoms with E-state index in [1.807, 2.05) is 4.57 Å². The van der Waals surface area contributed by atoms with Crippen LogP contribution < -0.4 is 5.73 Å². The zero-order valence-corrected chi connectivity index (χ0v) is 12.0. The quantitative estimate of drug-likeness (QED) is 0.936. The molecule has 0 saturated heterocycles. The van der Waals surface area contributed by atoms with E-state index in [1.165, 1.54) is 12.1 Å². The van der Waals surface area contributed by atoms with Crippen molar-refractivity contribution in [1.82, 2.24) is 9.55 Å². The minimum atomic E-state index is -0.624. The second-order valence-electron chi connectivity index (χ2n) is 6.06. The summed E-state index contributed by atoms with van der Waals surface area (Å²) in [7, 11) is 0. The summed E-state index contributed by atoms with van der Waals surface area (Å²) < 4.78 is 28.8. The fourth-order valence-electron chi connectivity index (χ4n) is 2.18. The largest absolute Gasteiger partial charge is 0.332 e. The lowest BCUT2D eigenvalue weighted by molar-refractivity contribution is 0.339. The van der Waals surface area contributed by atoms with Crippen LogP contribution in [0.25, 0.3) is 11.3 Å². The number of nitrogens with two attached hydrogens (primary N) is 1. The molecule has 2 aromatic rings.